The first kappa shape index (κ1) is 27.3. The maximum atomic E-state index is 14.1. The van der Waals surface area contributed by atoms with Gasteiger partial charge in [-0.3, -0.25) is 14.2 Å². The number of carbonyl (C=O) groups excluding carboxylic acids is 1. The lowest BCUT2D eigenvalue weighted by molar-refractivity contribution is 0.0612. The molecular formula is C30H31BrN4O3S. The van der Waals surface area contributed by atoms with Gasteiger partial charge in [-0.15, -0.1) is 11.3 Å². The summed E-state index contributed by atoms with van der Waals surface area (Å²) in [6.45, 7) is 8.96. The van der Waals surface area contributed by atoms with E-state index in [2.05, 4.69) is 15.9 Å². The van der Waals surface area contributed by atoms with Gasteiger partial charge in [-0.1, -0.05) is 43.2 Å². The SMILES string of the molecule is Cc1ccc(C(=O)N(CCN)C(c2nc3c(oc4ccc(C)cc43)c(=O)n2Cc2ccc(Br)s2)C(C)C)cc1. The first-order valence-corrected chi connectivity index (χ1v) is 14.5. The van der Waals surface area contributed by atoms with Gasteiger partial charge >= 0.3 is 0 Å². The number of rotatable bonds is 8. The molecule has 0 saturated carbocycles. The van der Waals surface area contributed by atoms with Crippen molar-refractivity contribution in [1.82, 2.24) is 14.5 Å². The molecule has 3 heterocycles. The quantitative estimate of drug-likeness (QED) is 0.220. The minimum absolute atomic E-state index is 0.0588. The third kappa shape index (κ3) is 5.31. The first-order chi connectivity index (χ1) is 18.7. The number of aryl methyl sites for hydroxylation is 2. The lowest BCUT2D eigenvalue weighted by atomic mass is 9.99. The summed E-state index contributed by atoms with van der Waals surface area (Å²) in [7, 11) is 0. The molecule has 1 unspecified atom stereocenters. The van der Waals surface area contributed by atoms with Crippen molar-refractivity contribution in [3.63, 3.8) is 0 Å². The zero-order valence-corrected chi connectivity index (χ0v) is 24.8. The average molecular weight is 608 g/mol. The van der Waals surface area contributed by atoms with Crippen molar-refractivity contribution in [3.05, 3.63) is 96.1 Å². The lowest BCUT2D eigenvalue weighted by Gasteiger charge is -2.35. The number of nitrogens with zero attached hydrogens (tertiary/aromatic N) is 3. The van der Waals surface area contributed by atoms with E-state index in [1.165, 1.54) is 0 Å². The van der Waals surface area contributed by atoms with Gasteiger partial charge in [-0.05, 0) is 72.1 Å². The first-order valence-electron chi connectivity index (χ1n) is 12.9. The number of furan rings is 1. The molecule has 0 aliphatic carbocycles. The Kier molecular flexibility index (Phi) is 7.75. The predicted molar refractivity (Wildman–Crippen MR) is 160 cm³/mol. The Bertz CT molecular complexity index is 1720. The van der Waals surface area contributed by atoms with E-state index in [0.717, 1.165) is 25.2 Å². The fourth-order valence-corrected chi connectivity index (χ4v) is 6.46. The smallest absolute Gasteiger partial charge is 0.297 e. The van der Waals surface area contributed by atoms with Crippen LogP contribution in [0.25, 0.3) is 22.1 Å². The summed E-state index contributed by atoms with van der Waals surface area (Å²) in [4.78, 5) is 35.9. The van der Waals surface area contributed by atoms with Crippen LogP contribution in [0.3, 0.4) is 0 Å². The number of fused-ring (bicyclic) bond motifs is 3. The molecule has 0 bridgehead atoms. The zero-order chi connectivity index (χ0) is 27.8. The van der Waals surface area contributed by atoms with Gasteiger partial charge in [0.15, 0.2) is 0 Å². The second-order valence-electron chi connectivity index (χ2n) is 10.2. The standard InChI is InChI=1S/C30H31BrN4O3S/c1-17(2)26(34(14-13-32)29(36)20-8-5-18(3)6-9-20)28-33-25-22-15-19(4)7-11-23(22)38-27(25)30(37)35(28)16-21-10-12-24(31)39-21/h5-12,15,17,26H,13-14,16,32H2,1-4H3. The van der Waals surface area contributed by atoms with E-state index >= 15 is 0 Å². The minimum atomic E-state index is -0.502. The molecule has 5 rings (SSSR count). The van der Waals surface area contributed by atoms with E-state index in [4.69, 9.17) is 15.1 Å². The van der Waals surface area contributed by atoms with Crippen molar-refractivity contribution in [2.75, 3.05) is 13.1 Å². The molecule has 202 valence electrons. The number of aromatic nitrogens is 2. The van der Waals surface area contributed by atoms with E-state index in [1.807, 2.05) is 82.3 Å². The summed E-state index contributed by atoms with van der Waals surface area (Å²) in [6.07, 6.45) is 0. The highest BCUT2D eigenvalue weighted by Crippen LogP contribution is 2.33. The molecule has 1 amide bonds. The Labute approximate surface area is 239 Å². The average Bonchev–Trinajstić information content (AvgIpc) is 3.48. The molecular weight excluding hydrogens is 576 g/mol. The summed E-state index contributed by atoms with van der Waals surface area (Å²) in [5.74, 6) is 0.313. The topological polar surface area (TPSA) is 94.4 Å². The summed E-state index contributed by atoms with van der Waals surface area (Å²) >= 11 is 5.08. The van der Waals surface area contributed by atoms with Crippen molar-refractivity contribution in [1.29, 1.82) is 0 Å². The summed E-state index contributed by atoms with van der Waals surface area (Å²) in [6, 6.07) is 16.8. The highest BCUT2D eigenvalue weighted by molar-refractivity contribution is 9.11. The van der Waals surface area contributed by atoms with E-state index in [9.17, 15) is 9.59 Å². The van der Waals surface area contributed by atoms with Crippen molar-refractivity contribution in [3.8, 4) is 0 Å². The van der Waals surface area contributed by atoms with Crippen LogP contribution < -0.4 is 11.3 Å². The second-order valence-corrected chi connectivity index (χ2v) is 12.7. The zero-order valence-electron chi connectivity index (χ0n) is 22.4. The van der Waals surface area contributed by atoms with Gasteiger partial charge in [0.05, 0.1) is 16.4 Å². The highest BCUT2D eigenvalue weighted by Gasteiger charge is 2.33. The van der Waals surface area contributed by atoms with Crippen molar-refractivity contribution in [2.24, 2.45) is 11.7 Å². The number of benzene rings is 2. The minimum Gasteiger partial charge on any atom is -0.448 e. The Morgan fingerprint density at radius 1 is 1.10 bits per heavy atom. The molecule has 0 aliphatic rings. The number of carbonyl (C=O) groups is 1. The van der Waals surface area contributed by atoms with Crippen LogP contribution in [-0.4, -0.2) is 33.4 Å². The molecule has 5 aromatic rings. The third-order valence-electron chi connectivity index (χ3n) is 6.86. The number of thiophene rings is 1. The molecule has 3 aromatic heterocycles. The van der Waals surface area contributed by atoms with Crippen molar-refractivity contribution in [2.45, 2.75) is 40.3 Å². The van der Waals surface area contributed by atoms with Crippen LogP contribution in [0.1, 0.15) is 52.1 Å². The Hall–Kier alpha value is -3.27. The van der Waals surface area contributed by atoms with Crippen LogP contribution in [0, 0.1) is 19.8 Å². The number of hydrogen-bond acceptors (Lipinski definition) is 6. The van der Waals surface area contributed by atoms with Gasteiger partial charge < -0.3 is 15.1 Å². The van der Waals surface area contributed by atoms with Gasteiger partial charge in [0, 0.05) is 28.9 Å². The Morgan fingerprint density at radius 3 is 2.46 bits per heavy atom. The van der Waals surface area contributed by atoms with Gasteiger partial charge in [-0.25, -0.2) is 4.98 Å². The summed E-state index contributed by atoms with van der Waals surface area (Å²) < 4.78 is 8.68. The van der Waals surface area contributed by atoms with E-state index in [1.54, 1.807) is 20.8 Å². The van der Waals surface area contributed by atoms with Gasteiger partial charge in [0.1, 0.15) is 16.9 Å². The number of nitrogens with two attached hydrogens (primary N) is 1. The monoisotopic (exact) mass is 606 g/mol. The predicted octanol–water partition coefficient (Wildman–Crippen LogP) is 6.43. The molecule has 0 saturated heterocycles. The molecule has 2 N–H and O–H groups in total. The van der Waals surface area contributed by atoms with Crippen LogP contribution in [0.5, 0.6) is 0 Å². The molecule has 9 heteroatoms. The van der Waals surface area contributed by atoms with Crippen LogP contribution in [0.2, 0.25) is 0 Å². The molecule has 0 spiro atoms. The number of amides is 1. The van der Waals surface area contributed by atoms with E-state index in [-0.39, 0.29) is 29.5 Å². The summed E-state index contributed by atoms with van der Waals surface area (Å²) in [5.41, 5.74) is 9.80. The van der Waals surface area contributed by atoms with Crippen LogP contribution in [0.4, 0.5) is 0 Å². The van der Waals surface area contributed by atoms with Gasteiger partial charge in [-0.2, -0.15) is 0 Å². The molecule has 1 atom stereocenters. The normalized spacial score (nSPS) is 12.5. The van der Waals surface area contributed by atoms with Gasteiger partial charge in [0.2, 0.25) is 5.58 Å². The Balaban J connectivity index is 1.76. The number of hydrogen-bond donors (Lipinski definition) is 1. The molecule has 7 nitrogen and oxygen atoms in total. The molecule has 0 fully saturated rings. The lowest BCUT2D eigenvalue weighted by Crippen LogP contribution is -2.43. The largest absolute Gasteiger partial charge is 0.448 e. The summed E-state index contributed by atoms with van der Waals surface area (Å²) in [5, 5.41) is 0.784. The van der Waals surface area contributed by atoms with Crippen LogP contribution in [-0.2, 0) is 6.54 Å². The molecule has 2 aromatic carbocycles. The highest BCUT2D eigenvalue weighted by atomic mass is 79.9. The molecule has 39 heavy (non-hydrogen) atoms. The molecule has 0 radical (unpaired) electrons. The van der Waals surface area contributed by atoms with Crippen molar-refractivity contribution >= 4 is 55.2 Å². The maximum absolute atomic E-state index is 14.1. The Morgan fingerprint density at radius 2 is 1.82 bits per heavy atom. The van der Waals surface area contributed by atoms with Crippen molar-refractivity contribution < 1.29 is 9.21 Å². The fourth-order valence-electron chi connectivity index (χ4n) is 4.99. The molecule has 0 aliphatic heterocycles. The maximum Gasteiger partial charge on any atom is 0.297 e. The van der Waals surface area contributed by atoms with E-state index in [0.29, 0.717) is 35.6 Å². The van der Waals surface area contributed by atoms with Crippen LogP contribution in [0.15, 0.2) is 67.6 Å². The number of halogens is 1. The van der Waals surface area contributed by atoms with Crippen LogP contribution >= 0.6 is 27.3 Å². The van der Waals surface area contributed by atoms with Gasteiger partial charge in [0.25, 0.3) is 11.5 Å². The van der Waals surface area contributed by atoms with E-state index < -0.39 is 6.04 Å². The second kappa shape index (κ2) is 11.1. The fraction of sp³-hybridized carbons (Fsp3) is 0.300. The third-order valence-corrected chi connectivity index (χ3v) is 8.47.